The van der Waals surface area contributed by atoms with E-state index < -0.39 is 6.04 Å². The maximum Gasteiger partial charge on any atom is 0.262 e. The molecule has 1 saturated heterocycles. The van der Waals surface area contributed by atoms with Gasteiger partial charge in [-0.05, 0) is 18.6 Å². The van der Waals surface area contributed by atoms with Gasteiger partial charge in [0.25, 0.3) is 5.91 Å². The van der Waals surface area contributed by atoms with Gasteiger partial charge in [-0.25, -0.2) is 0 Å². The van der Waals surface area contributed by atoms with Crippen LogP contribution in [0.2, 0.25) is 4.34 Å². The van der Waals surface area contributed by atoms with Gasteiger partial charge in [-0.3, -0.25) is 9.59 Å². The Hall–Kier alpha value is -1.07. The number of hydrogen-bond acceptors (Lipinski definition) is 3. The van der Waals surface area contributed by atoms with Crippen LogP contribution in [0.5, 0.6) is 0 Å². The summed E-state index contributed by atoms with van der Waals surface area (Å²) in [5.41, 5.74) is 0. The van der Waals surface area contributed by atoms with Crippen molar-refractivity contribution in [2.24, 2.45) is 0 Å². The van der Waals surface area contributed by atoms with E-state index in [2.05, 4.69) is 5.32 Å². The zero-order valence-corrected chi connectivity index (χ0v) is 10.3. The summed E-state index contributed by atoms with van der Waals surface area (Å²) in [6.45, 7) is 0.689. The van der Waals surface area contributed by atoms with Crippen LogP contribution in [-0.2, 0) is 4.79 Å². The molecule has 1 aromatic heterocycles. The first-order chi connectivity index (χ1) is 7.58. The minimum atomic E-state index is -0.390. The summed E-state index contributed by atoms with van der Waals surface area (Å²) in [5, 5.41) is 2.71. The molecule has 86 valence electrons. The summed E-state index contributed by atoms with van der Waals surface area (Å²) in [5.74, 6) is -0.262. The molecule has 4 nitrogen and oxygen atoms in total. The molecule has 1 atom stereocenters. The van der Waals surface area contributed by atoms with E-state index in [1.54, 1.807) is 24.1 Å². The second-order valence-electron chi connectivity index (χ2n) is 3.68. The van der Waals surface area contributed by atoms with Gasteiger partial charge in [0.15, 0.2) is 0 Å². The third-order valence-electron chi connectivity index (χ3n) is 2.53. The number of halogens is 1. The summed E-state index contributed by atoms with van der Waals surface area (Å²) >= 11 is 6.95. The Balaban J connectivity index is 2.01. The Labute approximate surface area is 102 Å². The number of thiophene rings is 1. The van der Waals surface area contributed by atoms with Crippen LogP contribution < -0.4 is 5.32 Å². The van der Waals surface area contributed by atoms with Crippen LogP contribution >= 0.6 is 22.9 Å². The largest absolute Gasteiger partial charge is 0.344 e. The summed E-state index contributed by atoms with van der Waals surface area (Å²) in [6, 6.07) is 2.94. The maximum absolute atomic E-state index is 11.7. The van der Waals surface area contributed by atoms with E-state index in [9.17, 15) is 9.59 Å². The molecule has 16 heavy (non-hydrogen) atoms. The molecule has 2 heterocycles. The molecule has 0 saturated carbocycles. The minimum Gasteiger partial charge on any atom is -0.344 e. The van der Waals surface area contributed by atoms with Crippen molar-refractivity contribution in [3.8, 4) is 0 Å². The number of hydrogen-bond donors (Lipinski definition) is 1. The van der Waals surface area contributed by atoms with Gasteiger partial charge >= 0.3 is 0 Å². The first kappa shape index (κ1) is 11.4. The number of carbonyl (C=O) groups is 2. The summed E-state index contributed by atoms with van der Waals surface area (Å²) < 4.78 is 0.569. The quantitative estimate of drug-likeness (QED) is 0.871. The Kier molecular flexibility index (Phi) is 3.16. The molecule has 2 rings (SSSR count). The maximum atomic E-state index is 11.7. The van der Waals surface area contributed by atoms with Gasteiger partial charge in [-0.2, -0.15) is 0 Å². The fourth-order valence-corrected chi connectivity index (χ4v) is 2.57. The molecule has 1 fully saturated rings. The second-order valence-corrected chi connectivity index (χ2v) is 5.39. The van der Waals surface area contributed by atoms with Gasteiger partial charge in [0.1, 0.15) is 6.04 Å². The highest BCUT2D eigenvalue weighted by molar-refractivity contribution is 7.18. The monoisotopic (exact) mass is 258 g/mol. The Morgan fingerprint density at radius 3 is 2.88 bits per heavy atom. The molecule has 1 unspecified atom stereocenters. The number of rotatable bonds is 2. The van der Waals surface area contributed by atoms with Crippen molar-refractivity contribution in [3.05, 3.63) is 21.3 Å². The van der Waals surface area contributed by atoms with E-state index in [4.69, 9.17) is 11.6 Å². The van der Waals surface area contributed by atoms with Crippen LogP contribution in [0.25, 0.3) is 0 Å². The molecular weight excluding hydrogens is 248 g/mol. The summed E-state index contributed by atoms with van der Waals surface area (Å²) in [4.78, 5) is 25.5. The van der Waals surface area contributed by atoms with Crippen molar-refractivity contribution < 1.29 is 9.59 Å². The highest BCUT2D eigenvalue weighted by Gasteiger charge is 2.30. The fraction of sp³-hybridized carbons (Fsp3) is 0.400. The highest BCUT2D eigenvalue weighted by atomic mass is 35.5. The molecule has 0 aromatic carbocycles. The lowest BCUT2D eigenvalue weighted by atomic mass is 10.2. The molecule has 1 N–H and O–H groups in total. The predicted molar refractivity (Wildman–Crippen MR) is 62.8 cm³/mol. The van der Waals surface area contributed by atoms with E-state index in [0.29, 0.717) is 22.2 Å². The van der Waals surface area contributed by atoms with E-state index >= 15 is 0 Å². The van der Waals surface area contributed by atoms with Gasteiger partial charge < -0.3 is 10.2 Å². The zero-order chi connectivity index (χ0) is 11.7. The normalized spacial score (nSPS) is 20.2. The molecule has 1 aromatic rings. The van der Waals surface area contributed by atoms with E-state index in [1.807, 2.05) is 0 Å². The number of carbonyl (C=O) groups excluding carboxylic acids is 2. The Morgan fingerprint density at radius 1 is 1.62 bits per heavy atom. The SMILES string of the molecule is CN1CCC(NC(=O)c2ccc(Cl)s2)C1=O. The van der Waals surface area contributed by atoms with Gasteiger partial charge in [0.05, 0.1) is 9.21 Å². The summed E-state index contributed by atoms with van der Waals surface area (Å²) in [7, 11) is 1.73. The molecule has 2 amide bonds. The molecule has 1 aliphatic rings. The molecule has 0 spiro atoms. The van der Waals surface area contributed by atoms with Crippen molar-refractivity contribution in [1.82, 2.24) is 10.2 Å². The molecule has 0 bridgehead atoms. The first-order valence-electron chi connectivity index (χ1n) is 4.89. The van der Waals surface area contributed by atoms with Gasteiger partial charge in [-0.15, -0.1) is 11.3 Å². The van der Waals surface area contributed by atoms with Crippen LogP contribution in [-0.4, -0.2) is 36.3 Å². The number of nitrogens with one attached hydrogen (secondary N) is 1. The van der Waals surface area contributed by atoms with Crippen LogP contribution in [0.15, 0.2) is 12.1 Å². The lowest BCUT2D eigenvalue weighted by Gasteiger charge is -2.11. The van der Waals surface area contributed by atoms with Gasteiger partial charge in [0.2, 0.25) is 5.91 Å². The number of amides is 2. The highest BCUT2D eigenvalue weighted by Crippen LogP contribution is 2.21. The van der Waals surface area contributed by atoms with Gasteiger partial charge in [-0.1, -0.05) is 11.6 Å². The summed E-state index contributed by atoms with van der Waals surface area (Å²) in [6.07, 6.45) is 0.667. The Bertz CT molecular complexity index is 432. The molecule has 6 heteroatoms. The van der Waals surface area contributed by atoms with Crippen LogP contribution in [0.1, 0.15) is 16.1 Å². The lowest BCUT2D eigenvalue weighted by molar-refractivity contribution is -0.128. The van der Waals surface area contributed by atoms with Crippen molar-refractivity contribution in [1.29, 1.82) is 0 Å². The second kappa shape index (κ2) is 4.43. The predicted octanol–water partition coefficient (Wildman–Crippen LogP) is 1.36. The standard InChI is InChI=1S/C10H11ClN2O2S/c1-13-5-4-6(10(13)15)12-9(14)7-2-3-8(11)16-7/h2-3,6H,4-5H2,1H3,(H,12,14). The van der Waals surface area contributed by atoms with Gasteiger partial charge in [0, 0.05) is 13.6 Å². The number of likely N-dealkylation sites (N-methyl/N-ethyl adjacent to an activating group) is 1. The van der Waals surface area contributed by atoms with E-state index in [0.717, 1.165) is 0 Å². The van der Waals surface area contributed by atoms with Crippen LogP contribution in [0.3, 0.4) is 0 Å². The molecule has 0 aliphatic carbocycles. The molecular formula is C10H11ClN2O2S. The van der Waals surface area contributed by atoms with Crippen molar-refractivity contribution >= 4 is 34.8 Å². The van der Waals surface area contributed by atoms with Crippen molar-refractivity contribution in [2.45, 2.75) is 12.5 Å². The van der Waals surface area contributed by atoms with Crippen molar-refractivity contribution in [3.63, 3.8) is 0 Å². The zero-order valence-electron chi connectivity index (χ0n) is 8.70. The topological polar surface area (TPSA) is 49.4 Å². The van der Waals surface area contributed by atoms with Crippen LogP contribution in [0.4, 0.5) is 0 Å². The minimum absolute atomic E-state index is 0.0315. The van der Waals surface area contributed by atoms with Crippen LogP contribution in [0, 0.1) is 0 Å². The van der Waals surface area contributed by atoms with E-state index in [-0.39, 0.29) is 11.8 Å². The third-order valence-corrected chi connectivity index (χ3v) is 3.76. The fourth-order valence-electron chi connectivity index (χ4n) is 1.62. The number of nitrogens with zero attached hydrogens (tertiary/aromatic N) is 1. The molecule has 0 radical (unpaired) electrons. The Morgan fingerprint density at radius 2 is 2.38 bits per heavy atom. The third kappa shape index (κ3) is 2.20. The first-order valence-corrected chi connectivity index (χ1v) is 6.08. The molecule has 1 aliphatic heterocycles. The average Bonchev–Trinajstić information content (AvgIpc) is 2.79. The number of likely N-dealkylation sites (tertiary alicyclic amines) is 1. The smallest absolute Gasteiger partial charge is 0.262 e. The van der Waals surface area contributed by atoms with Crippen molar-refractivity contribution in [2.75, 3.05) is 13.6 Å². The lowest BCUT2D eigenvalue weighted by Crippen LogP contribution is -2.40. The average molecular weight is 259 g/mol. The van der Waals surface area contributed by atoms with E-state index in [1.165, 1.54) is 11.3 Å².